The zero-order chi connectivity index (χ0) is 16.8. The number of rotatable bonds is 5. The van der Waals surface area contributed by atoms with Gasteiger partial charge in [0.25, 0.3) is 0 Å². The fourth-order valence-electron chi connectivity index (χ4n) is 1.69. The van der Waals surface area contributed by atoms with Gasteiger partial charge in [0.15, 0.2) is 0 Å². The SMILES string of the molecule is C[C@H](NC(=O)OC(C)(C)C)C(=O)NC[C@@H](O)c1ccccc1. The molecule has 6 nitrogen and oxygen atoms in total. The Morgan fingerprint density at radius 2 is 1.82 bits per heavy atom. The minimum Gasteiger partial charge on any atom is -0.444 e. The Bertz CT molecular complexity index is 497. The maximum atomic E-state index is 11.9. The molecular formula is C16H24N2O4. The minimum atomic E-state index is -0.793. The molecule has 22 heavy (non-hydrogen) atoms. The summed E-state index contributed by atoms with van der Waals surface area (Å²) in [5, 5.41) is 15.0. The zero-order valence-electron chi connectivity index (χ0n) is 13.4. The summed E-state index contributed by atoms with van der Waals surface area (Å²) in [6.45, 7) is 6.85. The van der Waals surface area contributed by atoms with E-state index < -0.39 is 23.8 Å². The van der Waals surface area contributed by atoms with E-state index in [0.29, 0.717) is 0 Å². The van der Waals surface area contributed by atoms with Gasteiger partial charge in [0.05, 0.1) is 6.10 Å². The fraction of sp³-hybridized carbons (Fsp3) is 0.500. The number of ether oxygens (including phenoxy) is 1. The van der Waals surface area contributed by atoms with E-state index in [1.165, 1.54) is 0 Å². The van der Waals surface area contributed by atoms with E-state index >= 15 is 0 Å². The third kappa shape index (κ3) is 6.58. The van der Waals surface area contributed by atoms with Gasteiger partial charge in [0.1, 0.15) is 11.6 Å². The van der Waals surface area contributed by atoms with Crippen molar-refractivity contribution in [1.29, 1.82) is 0 Å². The molecule has 0 unspecified atom stereocenters. The van der Waals surface area contributed by atoms with Crippen LogP contribution in [0.25, 0.3) is 0 Å². The van der Waals surface area contributed by atoms with Crippen molar-refractivity contribution >= 4 is 12.0 Å². The molecule has 122 valence electrons. The monoisotopic (exact) mass is 308 g/mol. The van der Waals surface area contributed by atoms with E-state index in [9.17, 15) is 14.7 Å². The third-order valence-electron chi connectivity index (χ3n) is 2.78. The summed E-state index contributed by atoms with van der Waals surface area (Å²) in [5.41, 5.74) is 0.0969. The molecule has 1 aromatic rings. The van der Waals surface area contributed by atoms with Crippen LogP contribution < -0.4 is 10.6 Å². The van der Waals surface area contributed by atoms with Gasteiger partial charge in [0, 0.05) is 6.54 Å². The number of amides is 2. The van der Waals surface area contributed by atoms with E-state index in [1.54, 1.807) is 39.8 Å². The summed E-state index contributed by atoms with van der Waals surface area (Å²) in [5.74, 6) is -0.388. The highest BCUT2D eigenvalue weighted by Gasteiger charge is 2.21. The van der Waals surface area contributed by atoms with E-state index in [-0.39, 0.29) is 12.5 Å². The first-order chi connectivity index (χ1) is 10.2. The number of benzene rings is 1. The maximum absolute atomic E-state index is 11.9. The van der Waals surface area contributed by atoms with E-state index in [1.807, 2.05) is 18.2 Å². The van der Waals surface area contributed by atoms with Crippen LogP contribution in [-0.4, -0.2) is 35.3 Å². The molecule has 0 spiro atoms. The number of aliphatic hydroxyl groups excluding tert-OH is 1. The van der Waals surface area contributed by atoms with Crippen molar-refractivity contribution in [2.75, 3.05) is 6.54 Å². The number of alkyl carbamates (subject to hydrolysis) is 1. The lowest BCUT2D eigenvalue weighted by Gasteiger charge is -2.22. The molecule has 0 heterocycles. The first-order valence-corrected chi connectivity index (χ1v) is 7.19. The van der Waals surface area contributed by atoms with Gasteiger partial charge < -0.3 is 20.5 Å². The van der Waals surface area contributed by atoms with Crippen LogP contribution in [0, 0.1) is 0 Å². The normalized spacial score (nSPS) is 13.9. The number of hydrogen-bond donors (Lipinski definition) is 3. The Balaban J connectivity index is 2.40. The lowest BCUT2D eigenvalue weighted by Crippen LogP contribution is -2.47. The second kappa shape index (κ2) is 7.79. The fourth-order valence-corrected chi connectivity index (χ4v) is 1.69. The van der Waals surface area contributed by atoms with Crippen molar-refractivity contribution in [3.05, 3.63) is 35.9 Å². The lowest BCUT2D eigenvalue weighted by molar-refractivity contribution is -0.123. The summed E-state index contributed by atoms with van der Waals surface area (Å²) in [6.07, 6.45) is -1.45. The molecule has 0 bridgehead atoms. The zero-order valence-corrected chi connectivity index (χ0v) is 13.4. The van der Waals surface area contributed by atoms with Crippen molar-refractivity contribution in [2.45, 2.75) is 45.4 Å². The molecule has 0 aliphatic rings. The molecule has 0 radical (unpaired) electrons. The Labute approximate surface area is 130 Å². The van der Waals surface area contributed by atoms with E-state index in [2.05, 4.69) is 10.6 Å². The van der Waals surface area contributed by atoms with Crippen LogP contribution in [0.4, 0.5) is 4.79 Å². The summed E-state index contributed by atoms with van der Waals surface area (Å²) >= 11 is 0. The quantitative estimate of drug-likeness (QED) is 0.773. The number of aliphatic hydroxyl groups is 1. The lowest BCUT2D eigenvalue weighted by atomic mass is 10.1. The Morgan fingerprint density at radius 1 is 1.23 bits per heavy atom. The van der Waals surface area contributed by atoms with Crippen LogP contribution in [0.2, 0.25) is 0 Å². The van der Waals surface area contributed by atoms with Gasteiger partial charge in [-0.15, -0.1) is 0 Å². The molecule has 0 fully saturated rings. The molecule has 1 aromatic carbocycles. The van der Waals surface area contributed by atoms with Gasteiger partial charge in [-0.3, -0.25) is 4.79 Å². The van der Waals surface area contributed by atoms with Crippen molar-refractivity contribution in [3.8, 4) is 0 Å². The van der Waals surface area contributed by atoms with Crippen LogP contribution in [-0.2, 0) is 9.53 Å². The molecule has 2 atom stereocenters. The second-order valence-corrected chi connectivity index (χ2v) is 6.04. The summed E-state index contributed by atoms with van der Waals surface area (Å²) < 4.78 is 5.07. The Morgan fingerprint density at radius 3 is 2.36 bits per heavy atom. The van der Waals surface area contributed by atoms with Gasteiger partial charge in [0.2, 0.25) is 5.91 Å². The van der Waals surface area contributed by atoms with Crippen LogP contribution >= 0.6 is 0 Å². The predicted octanol–water partition coefficient (Wildman–Crippen LogP) is 1.75. The van der Waals surface area contributed by atoms with E-state index in [0.717, 1.165) is 5.56 Å². The summed E-state index contributed by atoms with van der Waals surface area (Å²) in [7, 11) is 0. The van der Waals surface area contributed by atoms with Crippen LogP contribution in [0.5, 0.6) is 0 Å². The largest absolute Gasteiger partial charge is 0.444 e. The van der Waals surface area contributed by atoms with Gasteiger partial charge in [-0.25, -0.2) is 4.79 Å². The van der Waals surface area contributed by atoms with Gasteiger partial charge in [-0.1, -0.05) is 30.3 Å². The maximum Gasteiger partial charge on any atom is 0.408 e. The standard InChI is InChI=1S/C16H24N2O4/c1-11(18-15(21)22-16(2,3)4)14(20)17-10-13(19)12-8-6-5-7-9-12/h5-9,11,13,19H,10H2,1-4H3,(H,17,20)(H,18,21)/t11-,13+/m0/s1. The molecule has 0 aromatic heterocycles. The number of carbonyl (C=O) groups excluding carboxylic acids is 2. The smallest absolute Gasteiger partial charge is 0.408 e. The minimum absolute atomic E-state index is 0.0726. The van der Waals surface area contributed by atoms with Gasteiger partial charge in [-0.2, -0.15) is 0 Å². The van der Waals surface area contributed by atoms with Crippen LogP contribution in [0.1, 0.15) is 39.4 Å². The highest BCUT2D eigenvalue weighted by Crippen LogP contribution is 2.10. The predicted molar refractivity (Wildman–Crippen MR) is 83.2 cm³/mol. The topological polar surface area (TPSA) is 87.7 Å². The average Bonchev–Trinajstić information content (AvgIpc) is 2.43. The molecule has 6 heteroatoms. The molecule has 0 saturated carbocycles. The molecular weight excluding hydrogens is 284 g/mol. The summed E-state index contributed by atoms with van der Waals surface area (Å²) in [6, 6.07) is 8.28. The third-order valence-corrected chi connectivity index (χ3v) is 2.78. The molecule has 2 amide bonds. The number of nitrogens with one attached hydrogen (secondary N) is 2. The first-order valence-electron chi connectivity index (χ1n) is 7.19. The Kier molecular flexibility index (Phi) is 6.37. The van der Waals surface area contributed by atoms with Crippen molar-refractivity contribution in [1.82, 2.24) is 10.6 Å². The van der Waals surface area contributed by atoms with Gasteiger partial charge in [-0.05, 0) is 33.3 Å². The molecule has 1 rings (SSSR count). The molecule has 0 aliphatic carbocycles. The molecule has 0 aliphatic heterocycles. The first kappa shape index (κ1) is 18.0. The second-order valence-electron chi connectivity index (χ2n) is 6.04. The van der Waals surface area contributed by atoms with Crippen molar-refractivity contribution in [3.63, 3.8) is 0 Å². The molecule has 0 saturated heterocycles. The Hall–Kier alpha value is -2.08. The highest BCUT2D eigenvalue weighted by atomic mass is 16.6. The van der Waals surface area contributed by atoms with E-state index in [4.69, 9.17) is 4.74 Å². The van der Waals surface area contributed by atoms with Gasteiger partial charge >= 0.3 is 6.09 Å². The van der Waals surface area contributed by atoms with Crippen molar-refractivity contribution in [2.24, 2.45) is 0 Å². The van der Waals surface area contributed by atoms with Crippen LogP contribution in [0.3, 0.4) is 0 Å². The summed E-state index contributed by atoms with van der Waals surface area (Å²) in [4.78, 5) is 23.5. The van der Waals surface area contributed by atoms with Crippen molar-refractivity contribution < 1.29 is 19.4 Å². The highest BCUT2D eigenvalue weighted by molar-refractivity contribution is 5.85. The number of hydrogen-bond acceptors (Lipinski definition) is 4. The molecule has 3 N–H and O–H groups in total. The van der Waals surface area contributed by atoms with Crippen LogP contribution in [0.15, 0.2) is 30.3 Å². The average molecular weight is 308 g/mol. The number of carbonyl (C=O) groups is 2.